The lowest BCUT2D eigenvalue weighted by Crippen LogP contribution is -2.05. The van der Waals surface area contributed by atoms with Crippen molar-refractivity contribution in [2.45, 2.75) is 0 Å². The highest BCUT2D eigenvalue weighted by atomic mass is 15.1. The Labute approximate surface area is 116 Å². The molecule has 1 aromatic heterocycles. The molecule has 0 fully saturated rings. The van der Waals surface area contributed by atoms with Gasteiger partial charge < -0.3 is 16.4 Å². The number of anilines is 4. The van der Waals surface area contributed by atoms with Gasteiger partial charge >= 0.3 is 0 Å². The summed E-state index contributed by atoms with van der Waals surface area (Å²) in [6.45, 7) is 0. The van der Waals surface area contributed by atoms with Crippen molar-refractivity contribution in [3.63, 3.8) is 0 Å². The first-order chi connectivity index (χ1) is 9.79. The van der Waals surface area contributed by atoms with E-state index in [9.17, 15) is 0 Å². The first kappa shape index (κ1) is 12.2. The lowest BCUT2D eigenvalue weighted by atomic mass is 10.1. The molecule has 0 bridgehead atoms. The molecule has 0 saturated carbocycles. The third-order valence-corrected chi connectivity index (χ3v) is 3.16. The molecule has 1 heterocycles. The molecule has 0 atom stereocenters. The van der Waals surface area contributed by atoms with Gasteiger partial charge in [0.15, 0.2) is 11.6 Å². The largest absolute Gasteiger partial charge is 0.393 e. The van der Waals surface area contributed by atoms with Crippen LogP contribution in [0.1, 0.15) is 0 Å². The minimum absolute atomic E-state index is 0.503. The number of hydrogen-bond acceptors (Lipinski definition) is 5. The number of benzene rings is 2. The highest BCUT2D eigenvalue weighted by Gasteiger charge is 2.08. The molecule has 5 nitrogen and oxygen atoms in total. The van der Waals surface area contributed by atoms with Gasteiger partial charge in [-0.15, -0.1) is 0 Å². The van der Waals surface area contributed by atoms with Gasteiger partial charge in [-0.05, 0) is 11.5 Å². The SMILES string of the molecule is CNc1ncnc(Nc2cccc3ccccc23)c1N. The third kappa shape index (κ3) is 2.09. The molecule has 20 heavy (non-hydrogen) atoms. The summed E-state index contributed by atoms with van der Waals surface area (Å²) in [6.07, 6.45) is 1.48. The Bertz CT molecular complexity index is 749. The average molecular weight is 265 g/mol. The summed E-state index contributed by atoms with van der Waals surface area (Å²) in [5.41, 5.74) is 7.51. The van der Waals surface area contributed by atoms with Crippen LogP contribution >= 0.6 is 0 Å². The molecule has 5 heteroatoms. The predicted molar refractivity (Wildman–Crippen MR) is 83.2 cm³/mol. The molecule has 0 amide bonds. The van der Waals surface area contributed by atoms with E-state index in [1.165, 1.54) is 11.7 Å². The Morgan fingerprint density at radius 3 is 2.55 bits per heavy atom. The van der Waals surface area contributed by atoms with Gasteiger partial charge in [-0.25, -0.2) is 9.97 Å². The minimum Gasteiger partial charge on any atom is -0.393 e. The average Bonchev–Trinajstić information content (AvgIpc) is 2.50. The van der Waals surface area contributed by atoms with Crippen LogP contribution in [0.15, 0.2) is 48.8 Å². The van der Waals surface area contributed by atoms with Crippen molar-refractivity contribution in [1.82, 2.24) is 9.97 Å². The van der Waals surface area contributed by atoms with Gasteiger partial charge in [0.05, 0.1) is 0 Å². The predicted octanol–water partition coefficient (Wildman–Crippen LogP) is 3.00. The molecule has 0 aliphatic carbocycles. The van der Waals surface area contributed by atoms with Crippen molar-refractivity contribution in [3.8, 4) is 0 Å². The molecular weight excluding hydrogens is 250 g/mol. The van der Waals surface area contributed by atoms with Gasteiger partial charge in [0.2, 0.25) is 0 Å². The van der Waals surface area contributed by atoms with Gasteiger partial charge in [0, 0.05) is 18.1 Å². The van der Waals surface area contributed by atoms with Crippen LogP contribution in [0.5, 0.6) is 0 Å². The smallest absolute Gasteiger partial charge is 0.159 e. The van der Waals surface area contributed by atoms with Gasteiger partial charge in [0.1, 0.15) is 12.0 Å². The van der Waals surface area contributed by atoms with E-state index in [2.05, 4.69) is 38.8 Å². The lowest BCUT2D eigenvalue weighted by Gasteiger charge is -2.12. The maximum absolute atomic E-state index is 6.04. The number of aromatic nitrogens is 2. The monoisotopic (exact) mass is 265 g/mol. The molecular formula is C15H15N5. The molecule has 0 spiro atoms. The number of nitrogen functional groups attached to an aromatic ring is 1. The second-order valence-electron chi connectivity index (χ2n) is 4.39. The Balaban J connectivity index is 2.06. The highest BCUT2D eigenvalue weighted by molar-refractivity contribution is 5.96. The van der Waals surface area contributed by atoms with E-state index in [1.807, 2.05) is 24.3 Å². The van der Waals surface area contributed by atoms with E-state index < -0.39 is 0 Å². The molecule has 0 aliphatic heterocycles. The minimum atomic E-state index is 0.503. The molecule has 4 N–H and O–H groups in total. The van der Waals surface area contributed by atoms with Crippen molar-refractivity contribution >= 4 is 33.8 Å². The number of nitrogens with two attached hydrogens (primary N) is 1. The first-order valence-electron chi connectivity index (χ1n) is 6.32. The van der Waals surface area contributed by atoms with E-state index in [0.717, 1.165) is 11.1 Å². The topological polar surface area (TPSA) is 75.9 Å². The Morgan fingerprint density at radius 2 is 1.70 bits per heavy atom. The number of nitrogens with one attached hydrogen (secondary N) is 2. The standard InChI is InChI=1S/C15H15N5/c1-17-14-13(16)15(19-9-18-14)20-12-8-4-6-10-5-2-3-7-11(10)12/h2-9H,16H2,1H3,(H2,17,18,19,20). The number of nitrogens with zero attached hydrogens (tertiary/aromatic N) is 2. The van der Waals surface area contributed by atoms with Crippen LogP contribution in [0.4, 0.5) is 23.0 Å². The third-order valence-electron chi connectivity index (χ3n) is 3.16. The molecule has 3 aromatic rings. The van der Waals surface area contributed by atoms with Crippen LogP contribution in [-0.4, -0.2) is 17.0 Å². The van der Waals surface area contributed by atoms with Crippen LogP contribution in [0.25, 0.3) is 10.8 Å². The molecule has 0 aliphatic rings. The molecule has 0 saturated heterocycles. The summed E-state index contributed by atoms with van der Waals surface area (Å²) in [7, 11) is 1.78. The molecule has 100 valence electrons. The summed E-state index contributed by atoms with van der Waals surface area (Å²) >= 11 is 0. The zero-order valence-electron chi connectivity index (χ0n) is 11.1. The van der Waals surface area contributed by atoms with Crippen LogP contribution in [0.2, 0.25) is 0 Å². The van der Waals surface area contributed by atoms with Gasteiger partial charge in [-0.2, -0.15) is 0 Å². The normalized spacial score (nSPS) is 10.4. The summed E-state index contributed by atoms with van der Waals surface area (Å²) in [5, 5.41) is 8.51. The quantitative estimate of drug-likeness (QED) is 0.678. The number of fused-ring (bicyclic) bond motifs is 1. The fourth-order valence-electron chi connectivity index (χ4n) is 2.16. The second-order valence-corrected chi connectivity index (χ2v) is 4.39. The van der Waals surface area contributed by atoms with Gasteiger partial charge in [-0.3, -0.25) is 0 Å². The van der Waals surface area contributed by atoms with Crippen molar-refractivity contribution in [2.24, 2.45) is 0 Å². The van der Waals surface area contributed by atoms with E-state index >= 15 is 0 Å². The van der Waals surface area contributed by atoms with E-state index in [0.29, 0.717) is 17.3 Å². The van der Waals surface area contributed by atoms with E-state index in [-0.39, 0.29) is 0 Å². The first-order valence-corrected chi connectivity index (χ1v) is 6.32. The highest BCUT2D eigenvalue weighted by Crippen LogP contribution is 2.29. The Hall–Kier alpha value is -2.82. The summed E-state index contributed by atoms with van der Waals surface area (Å²) in [4.78, 5) is 8.28. The number of rotatable bonds is 3. The fourth-order valence-corrected chi connectivity index (χ4v) is 2.16. The summed E-state index contributed by atoms with van der Waals surface area (Å²) < 4.78 is 0. The van der Waals surface area contributed by atoms with Crippen LogP contribution in [0, 0.1) is 0 Å². The van der Waals surface area contributed by atoms with Crippen molar-refractivity contribution in [2.75, 3.05) is 23.4 Å². The van der Waals surface area contributed by atoms with Crippen molar-refractivity contribution in [1.29, 1.82) is 0 Å². The molecule has 2 aromatic carbocycles. The fraction of sp³-hybridized carbons (Fsp3) is 0.0667. The zero-order valence-corrected chi connectivity index (χ0v) is 11.1. The van der Waals surface area contributed by atoms with Crippen molar-refractivity contribution < 1.29 is 0 Å². The van der Waals surface area contributed by atoms with E-state index in [1.54, 1.807) is 7.05 Å². The van der Waals surface area contributed by atoms with Gasteiger partial charge in [0.25, 0.3) is 0 Å². The Morgan fingerprint density at radius 1 is 0.950 bits per heavy atom. The molecule has 0 unspecified atom stereocenters. The Kier molecular flexibility index (Phi) is 3.09. The zero-order chi connectivity index (χ0) is 13.9. The second kappa shape index (κ2) is 5.05. The summed E-state index contributed by atoms with van der Waals surface area (Å²) in [6, 6.07) is 14.2. The molecule has 3 rings (SSSR count). The summed E-state index contributed by atoms with van der Waals surface area (Å²) in [5.74, 6) is 1.21. The number of hydrogen-bond donors (Lipinski definition) is 3. The van der Waals surface area contributed by atoms with Crippen LogP contribution in [0.3, 0.4) is 0 Å². The lowest BCUT2D eigenvalue weighted by molar-refractivity contribution is 1.16. The maximum Gasteiger partial charge on any atom is 0.159 e. The van der Waals surface area contributed by atoms with Gasteiger partial charge in [-0.1, -0.05) is 36.4 Å². The molecule has 0 radical (unpaired) electrons. The van der Waals surface area contributed by atoms with E-state index in [4.69, 9.17) is 5.73 Å². The van der Waals surface area contributed by atoms with Crippen LogP contribution in [-0.2, 0) is 0 Å². The van der Waals surface area contributed by atoms with Crippen molar-refractivity contribution in [3.05, 3.63) is 48.8 Å². The maximum atomic E-state index is 6.04. The van der Waals surface area contributed by atoms with Crippen LogP contribution < -0.4 is 16.4 Å².